The zero-order chi connectivity index (χ0) is 17.3. The summed E-state index contributed by atoms with van der Waals surface area (Å²) < 4.78 is 32.1. The number of sulfonamides is 1. The molecule has 1 aliphatic rings. The molecule has 0 bridgehead atoms. The molecule has 0 saturated heterocycles. The van der Waals surface area contributed by atoms with E-state index >= 15 is 0 Å². The standard InChI is InChI=1S/C15H14Cl2N2O4S/c16-12-6-13(17)14(24(21,22)19-10-1-2-10)5-11(12)15(20)18-7-9-3-4-23-8-9/h3-6,8,10,19H,1-2,7H2,(H,18,20). The fraction of sp³-hybridized carbons (Fsp3) is 0.267. The third-order valence-corrected chi connectivity index (χ3v) is 5.79. The van der Waals surface area contributed by atoms with E-state index in [0.29, 0.717) is 0 Å². The van der Waals surface area contributed by atoms with Crippen LogP contribution in [0.15, 0.2) is 40.0 Å². The van der Waals surface area contributed by atoms with Crippen LogP contribution in [-0.4, -0.2) is 20.4 Å². The van der Waals surface area contributed by atoms with Gasteiger partial charge in [0.25, 0.3) is 5.91 Å². The second-order valence-corrected chi connectivity index (χ2v) is 7.97. The highest BCUT2D eigenvalue weighted by Crippen LogP contribution is 2.30. The van der Waals surface area contributed by atoms with Gasteiger partial charge in [-0.25, -0.2) is 13.1 Å². The van der Waals surface area contributed by atoms with Crippen molar-refractivity contribution >= 4 is 39.1 Å². The van der Waals surface area contributed by atoms with Crippen LogP contribution in [0.25, 0.3) is 0 Å². The van der Waals surface area contributed by atoms with Crippen LogP contribution < -0.4 is 10.0 Å². The number of hydrogen-bond acceptors (Lipinski definition) is 4. The van der Waals surface area contributed by atoms with Crippen LogP contribution in [0, 0.1) is 0 Å². The molecule has 1 saturated carbocycles. The summed E-state index contributed by atoms with van der Waals surface area (Å²) >= 11 is 12.1. The molecule has 0 aliphatic heterocycles. The number of benzene rings is 1. The molecule has 1 amide bonds. The molecular weight excluding hydrogens is 375 g/mol. The maximum Gasteiger partial charge on any atom is 0.253 e. The van der Waals surface area contributed by atoms with Crippen molar-refractivity contribution in [1.82, 2.24) is 10.0 Å². The molecule has 6 nitrogen and oxygen atoms in total. The molecule has 1 heterocycles. The maximum absolute atomic E-state index is 12.4. The van der Waals surface area contributed by atoms with E-state index in [2.05, 4.69) is 10.0 Å². The van der Waals surface area contributed by atoms with E-state index in [1.165, 1.54) is 24.7 Å². The zero-order valence-corrected chi connectivity index (χ0v) is 14.7. The van der Waals surface area contributed by atoms with Crippen molar-refractivity contribution in [1.29, 1.82) is 0 Å². The Kier molecular flexibility index (Phi) is 4.87. The number of carbonyl (C=O) groups excluding carboxylic acids is 1. The van der Waals surface area contributed by atoms with Crippen LogP contribution in [0.2, 0.25) is 10.0 Å². The molecule has 9 heteroatoms. The summed E-state index contributed by atoms with van der Waals surface area (Å²) in [5, 5.41) is 2.70. The van der Waals surface area contributed by atoms with Crippen LogP contribution in [0.5, 0.6) is 0 Å². The van der Waals surface area contributed by atoms with Gasteiger partial charge in [0, 0.05) is 18.2 Å². The summed E-state index contributed by atoms with van der Waals surface area (Å²) in [6.45, 7) is 0.233. The van der Waals surface area contributed by atoms with Gasteiger partial charge in [-0.3, -0.25) is 4.79 Å². The lowest BCUT2D eigenvalue weighted by Gasteiger charge is -2.11. The monoisotopic (exact) mass is 388 g/mol. The third-order valence-electron chi connectivity index (χ3n) is 3.49. The molecule has 1 aromatic heterocycles. The first-order valence-corrected chi connectivity index (χ1v) is 9.41. The molecule has 1 fully saturated rings. The number of amides is 1. The van der Waals surface area contributed by atoms with E-state index < -0.39 is 15.9 Å². The minimum absolute atomic E-state index is 0.0282. The van der Waals surface area contributed by atoms with Crippen molar-refractivity contribution < 1.29 is 17.6 Å². The molecule has 2 aromatic rings. The SMILES string of the molecule is O=C(NCc1ccoc1)c1cc(S(=O)(=O)NC2CC2)c(Cl)cc1Cl. The minimum Gasteiger partial charge on any atom is -0.472 e. The number of hydrogen-bond donors (Lipinski definition) is 2. The van der Waals surface area contributed by atoms with Gasteiger partial charge in [-0.15, -0.1) is 0 Å². The summed E-state index contributed by atoms with van der Waals surface area (Å²) in [5.74, 6) is -0.499. The Labute approximate surface area is 149 Å². The lowest BCUT2D eigenvalue weighted by Crippen LogP contribution is -2.27. The van der Waals surface area contributed by atoms with Gasteiger partial charge >= 0.3 is 0 Å². The number of carbonyl (C=O) groups is 1. The highest BCUT2D eigenvalue weighted by atomic mass is 35.5. The Balaban J connectivity index is 1.84. The normalized spacial score (nSPS) is 14.6. The van der Waals surface area contributed by atoms with E-state index in [1.807, 2.05) is 0 Å². The molecule has 1 aromatic carbocycles. The van der Waals surface area contributed by atoms with Crippen LogP contribution in [0.1, 0.15) is 28.8 Å². The van der Waals surface area contributed by atoms with E-state index in [1.54, 1.807) is 6.07 Å². The van der Waals surface area contributed by atoms with Crippen molar-refractivity contribution in [3.63, 3.8) is 0 Å². The minimum atomic E-state index is -3.79. The first-order valence-electron chi connectivity index (χ1n) is 7.17. The first kappa shape index (κ1) is 17.3. The second kappa shape index (κ2) is 6.76. The molecule has 0 radical (unpaired) electrons. The Morgan fingerprint density at radius 2 is 2.00 bits per heavy atom. The molecule has 2 N–H and O–H groups in total. The quantitative estimate of drug-likeness (QED) is 0.795. The summed E-state index contributed by atoms with van der Waals surface area (Å²) in [6.07, 6.45) is 4.58. The van der Waals surface area contributed by atoms with Crippen LogP contribution in [-0.2, 0) is 16.6 Å². The smallest absolute Gasteiger partial charge is 0.253 e. The largest absolute Gasteiger partial charge is 0.472 e. The molecule has 0 atom stereocenters. The molecule has 128 valence electrons. The Hall–Kier alpha value is -1.54. The zero-order valence-electron chi connectivity index (χ0n) is 12.4. The average molecular weight is 389 g/mol. The Morgan fingerprint density at radius 1 is 1.25 bits per heavy atom. The van der Waals surface area contributed by atoms with Crippen molar-refractivity contribution in [2.24, 2.45) is 0 Å². The lowest BCUT2D eigenvalue weighted by atomic mass is 10.2. The highest BCUT2D eigenvalue weighted by Gasteiger charge is 2.30. The summed E-state index contributed by atoms with van der Waals surface area (Å²) in [4.78, 5) is 12.1. The summed E-state index contributed by atoms with van der Waals surface area (Å²) in [5.41, 5.74) is 0.817. The molecule has 3 rings (SSSR count). The van der Waals surface area contributed by atoms with Crippen LogP contribution in [0.4, 0.5) is 0 Å². The van der Waals surface area contributed by atoms with Crippen molar-refractivity contribution in [2.75, 3.05) is 0 Å². The third kappa shape index (κ3) is 3.92. The number of nitrogens with one attached hydrogen (secondary N) is 2. The predicted molar refractivity (Wildman–Crippen MR) is 89.7 cm³/mol. The van der Waals surface area contributed by atoms with Gasteiger partial charge < -0.3 is 9.73 Å². The molecule has 0 unspecified atom stereocenters. The van der Waals surface area contributed by atoms with Gasteiger partial charge in [0.05, 0.1) is 28.1 Å². The number of rotatable bonds is 6. The van der Waals surface area contributed by atoms with Crippen LogP contribution >= 0.6 is 23.2 Å². The lowest BCUT2D eigenvalue weighted by molar-refractivity contribution is 0.0951. The molecule has 0 spiro atoms. The summed E-state index contributed by atoms with van der Waals surface area (Å²) in [6, 6.07) is 4.09. The van der Waals surface area contributed by atoms with Gasteiger partial charge in [-0.1, -0.05) is 23.2 Å². The van der Waals surface area contributed by atoms with E-state index in [0.717, 1.165) is 18.4 Å². The fourth-order valence-electron chi connectivity index (χ4n) is 2.06. The number of furan rings is 1. The van der Waals surface area contributed by atoms with Gasteiger partial charge in [-0.2, -0.15) is 0 Å². The summed E-state index contributed by atoms with van der Waals surface area (Å²) in [7, 11) is -3.79. The van der Waals surface area contributed by atoms with Crippen LogP contribution in [0.3, 0.4) is 0 Å². The topological polar surface area (TPSA) is 88.4 Å². The van der Waals surface area contributed by atoms with Crippen molar-refractivity contribution in [2.45, 2.75) is 30.3 Å². The second-order valence-electron chi connectivity index (χ2n) is 5.47. The highest BCUT2D eigenvalue weighted by molar-refractivity contribution is 7.89. The van der Waals surface area contributed by atoms with Gasteiger partial charge in [-0.05, 0) is 31.0 Å². The Bertz CT molecular complexity index is 862. The van der Waals surface area contributed by atoms with E-state index in [9.17, 15) is 13.2 Å². The Morgan fingerprint density at radius 3 is 2.62 bits per heavy atom. The van der Waals surface area contributed by atoms with Gasteiger partial charge in [0.1, 0.15) is 4.90 Å². The van der Waals surface area contributed by atoms with Crippen molar-refractivity contribution in [3.05, 3.63) is 51.9 Å². The van der Waals surface area contributed by atoms with Gasteiger partial charge in [0.15, 0.2) is 0 Å². The van der Waals surface area contributed by atoms with E-state index in [-0.39, 0.29) is 33.1 Å². The maximum atomic E-state index is 12.4. The van der Waals surface area contributed by atoms with E-state index in [4.69, 9.17) is 27.6 Å². The molecular formula is C15H14Cl2N2O4S. The predicted octanol–water partition coefficient (Wildman–Crippen LogP) is 2.96. The fourth-order valence-corrected chi connectivity index (χ4v) is 4.23. The molecule has 24 heavy (non-hydrogen) atoms. The number of halogens is 2. The average Bonchev–Trinajstić information content (AvgIpc) is 3.15. The van der Waals surface area contributed by atoms with Gasteiger partial charge in [0.2, 0.25) is 10.0 Å². The first-order chi connectivity index (χ1) is 11.4. The van der Waals surface area contributed by atoms with Crippen molar-refractivity contribution in [3.8, 4) is 0 Å². The molecule has 1 aliphatic carbocycles.